The number of aromatic nitrogens is 3. The standard InChI is InChI=1S/C32H39N9O2S/c1-22(42)36-26-8-6-24(7-9-26)29-30(34-2)31(33)39-32(38-29)44-21-27-5-3-4-25(37-27)10-11-28(43)41-18-16-40(17-19-41)20-23-12-14-35-15-13-23/h3-9,23,35H,10-21H2,1H3,(H,36,42)(H2,33,38,39)/i6D,7D,8D,9D. The number of piperazine rings is 1. The van der Waals surface area contributed by atoms with E-state index in [-0.39, 0.29) is 39.5 Å². The second-order valence-electron chi connectivity index (χ2n) is 10.9. The Morgan fingerprint density at radius 1 is 1.11 bits per heavy atom. The molecule has 2 amide bonds. The highest BCUT2D eigenvalue weighted by atomic mass is 32.2. The number of anilines is 2. The average Bonchev–Trinajstić information content (AvgIpc) is 3.08. The average molecular weight is 618 g/mol. The van der Waals surface area contributed by atoms with Gasteiger partial charge in [0.2, 0.25) is 11.8 Å². The fourth-order valence-corrected chi connectivity index (χ4v) is 6.12. The number of aryl methyl sites for hydroxylation is 1. The van der Waals surface area contributed by atoms with Crippen molar-refractivity contribution in [2.45, 2.75) is 43.5 Å². The summed E-state index contributed by atoms with van der Waals surface area (Å²) in [6.45, 7) is 15.5. The molecule has 11 nitrogen and oxygen atoms in total. The van der Waals surface area contributed by atoms with Crippen molar-refractivity contribution in [1.29, 1.82) is 0 Å². The lowest BCUT2D eigenvalue weighted by molar-refractivity contribution is -0.133. The van der Waals surface area contributed by atoms with Crippen molar-refractivity contribution in [2.24, 2.45) is 5.92 Å². The third-order valence-corrected chi connectivity index (χ3v) is 8.55. The zero-order valence-electron chi connectivity index (χ0n) is 28.8. The van der Waals surface area contributed by atoms with Crippen LogP contribution >= 0.6 is 11.8 Å². The van der Waals surface area contributed by atoms with Gasteiger partial charge in [-0.3, -0.25) is 19.5 Å². The Morgan fingerprint density at radius 2 is 1.84 bits per heavy atom. The lowest BCUT2D eigenvalue weighted by Crippen LogP contribution is -2.50. The number of pyridine rings is 1. The van der Waals surface area contributed by atoms with Gasteiger partial charge >= 0.3 is 0 Å². The van der Waals surface area contributed by atoms with Gasteiger partial charge in [0.05, 0.1) is 23.4 Å². The molecule has 5 rings (SSSR count). The van der Waals surface area contributed by atoms with Crippen molar-refractivity contribution in [1.82, 2.24) is 30.1 Å². The Bertz CT molecular complexity index is 1700. The van der Waals surface area contributed by atoms with Crippen LogP contribution in [0.1, 0.15) is 43.1 Å². The molecule has 0 unspecified atom stereocenters. The van der Waals surface area contributed by atoms with Crippen molar-refractivity contribution in [2.75, 3.05) is 56.9 Å². The Kier molecular flexibility index (Phi) is 9.05. The van der Waals surface area contributed by atoms with Gasteiger partial charge < -0.3 is 21.3 Å². The molecule has 0 bridgehead atoms. The predicted octanol–water partition coefficient (Wildman–Crippen LogP) is 4.00. The highest BCUT2D eigenvalue weighted by Crippen LogP contribution is 2.35. The van der Waals surface area contributed by atoms with Crippen LogP contribution in [-0.4, -0.2) is 82.4 Å². The number of nitrogens with zero attached hydrogens (tertiary/aromatic N) is 6. The largest absolute Gasteiger partial charge is 0.392 e. The van der Waals surface area contributed by atoms with Crippen molar-refractivity contribution >= 4 is 40.8 Å². The second kappa shape index (κ2) is 15.1. The zero-order chi connectivity index (χ0) is 34.4. The molecule has 2 aromatic heterocycles. The molecular weight excluding hydrogens is 574 g/mol. The molecule has 0 aliphatic carbocycles. The molecule has 4 heterocycles. The topological polar surface area (TPSA) is 134 Å². The summed E-state index contributed by atoms with van der Waals surface area (Å²) < 4.78 is 33.7. The summed E-state index contributed by atoms with van der Waals surface area (Å²) in [7, 11) is 0. The number of hydrogen-bond donors (Lipinski definition) is 3. The number of nitrogens with one attached hydrogen (secondary N) is 2. The van der Waals surface area contributed by atoms with Gasteiger partial charge in [-0.05, 0) is 68.1 Å². The number of thioether (sulfide) groups is 1. The molecule has 12 heteroatoms. The van der Waals surface area contributed by atoms with Crippen molar-refractivity contribution in [3.63, 3.8) is 0 Å². The van der Waals surface area contributed by atoms with Gasteiger partial charge in [0.15, 0.2) is 5.16 Å². The number of piperidine rings is 1. The third kappa shape index (κ3) is 8.53. The Morgan fingerprint density at radius 3 is 2.55 bits per heavy atom. The van der Waals surface area contributed by atoms with E-state index in [0.717, 1.165) is 63.1 Å². The molecular formula is C32H39N9O2S. The second-order valence-corrected chi connectivity index (χ2v) is 11.9. The lowest BCUT2D eigenvalue weighted by atomic mass is 9.97. The first kappa shape index (κ1) is 26.4. The van der Waals surface area contributed by atoms with Crippen LogP contribution in [0.4, 0.5) is 17.2 Å². The number of hydrogen-bond acceptors (Lipinski definition) is 9. The first-order valence-electron chi connectivity index (χ1n) is 16.8. The molecule has 0 spiro atoms. The SMILES string of the molecule is [2H]c1c([2H])c(-c2nc(SCc3cccc(CCC(=O)N4CCN(CC5CCNCC5)CC4)n3)nc(N)c2[N+]#[C-])c([2H])c([2H])c1NC(C)=O. The Balaban J connectivity index is 1.22. The van der Waals surface area contributed by atoms with Crippen LogP contribution in [0.3, 0.4) is 0 Å². The summed E-state index contributed by atoms with van der Waals surface area (Å²) in [5.74, 6) is 0.509. The maximum Gasteiger partial charge on any atom is 0.253 e. The Labute approximate surface area is 268 Å². The molecule has 1 aromatic carbocycles. The van der Waals surface area contributed by atoms with Crippen molar-refractivity contribution in [3.8, 4) is 11.3 Å². The normalized spacial score (nSPS) is 17.2. The van der Waals surface area contributed by atoms with Crippen LogP contribution in [0.2, 0.25) is 0 Å². The summed E-state index contributed by atoms with van der Waals surface area (Å²) in [4.78, 5) is 45.8. The molecule has 0 radical (unpaired) electrons. The van der Waals surface area contributed by atoms with Crippen LogP contribution in [0.15, 0.2) is 47.5 Å². The maximum absolute atomic E-state index is 13.0. The minimum absolute atomic E-state index is 0.126. The van der Waals surface area contributed by atoms with Crippen molar-refractivity contribution in [3.05, 3.63) is 65.2 Å². The summed E-state index contributed by atoms with van der Waals surface area (Å²) in [5.41, 5.74) is 6.82. The number of rotatable bonds is 10. The predicted molar refractivity (Wildman–Crippen MR) is 173 cm³/mol. The molecule has 44 heavy (non-hydrogen) atoms. The molecule has 3 aromatic rings. The lowest BCUT2D eigenvalue weighted by Gasteiger charge is -2.37. The molecule has 2 aliphatic heterocycles. The maximum atomic E-state index is 13.0. The van der Waals surface area contributed by atoms with Gasteiger partial charge in [0.1, 0.15) is 5.82 Å². The van der Waals surface area contributed by atoms with Crippen LogP contribution in [-0.2, 0) is 21.8 Å². The van der Waals surface area contributed by atoms with E-state index < -0.39 is 30.1 Å². The van der Waals surface area contributed by atoms with Crippen LogP contribution in [0, 0.1) is 12.5 Å². The minimum Gasteiger partial charge on any atom is -0.392 e. The summed E-state index contributed by atoms with van der Waals surface area (Å²) >= 11 is 1.19. The number of carbonyl (C=O) groups excluding carboxylic acids is 2. The molecule has 2 saturated heterocycles. The summed E-state index contributed by atoms with van der Waals surface area (Å²) in [5, 5.41) is 5.92. The van der Waals surface area contributed by atoms with E-state index >= 15 is 0 Å². The van der Waals surface area contributed by atoms with E-state index in [4.69, 9.17) is 22.8 Å². The molecule has 2 aliphatic rings. The van der Waals surface area contributed by atoms with E-state index in [0.29, 0.717) is 18.6 Å². The van der Waals surface area contributed by atoms with E-state index in [1.54, 1.807) is 0 Å². The van der Waals surface area contributed by atoms with Crippen LogP contribution in [0.5, 0.6) is 0 Å². The monoisotopic (exact) mass is 617 g/mol. The third-order valence-electron chi connectivity index (χ3n) is 7.67. The van der Waals surface area contributed by atoms with E-state index in [1.807, 2.05) is 23.1 Å². The summed E-state index contributed by atoms with van der Waals surface area (Å²) in [6.07, 6.45) is 3.33. The number of nitrogens with two attached hydrogens (primary N) is 1. The number of carbonyl (C=O) groups is 2. The minimum atomic E-state index is -0.545. The molecule has 0 saturated carbocycles. The summed E-state index contributed by atoms with van der Waals surface area (Å²) in [6, 6.07) is 3.73. The number of benzene rings is 1. The highest BCUT2D eigenvalue weighted by Gasteiger charge is 2.24. The first-order valence-corrected chi connectivity index (χ1v) is 15.8. The van der Waals surface area contributed by atoms with Gasteiger partial charge in [-0.2, -0.15) is 0 Å². The van der Waals surface area contributed by atoms with Gasteiger partial charge in [0.25, 0.3) is 5.69 Å². The van der Waals surface area contributed by atoms with E-state index in [2.05, 4.69) is 30.3 Å². The van der Waals surface area contributed by atoms with E-state index in [9.17, 15) is 9.59 Å². The Hall–Kier alpha value is -4.05. The van der Waals surface area contributed by atoms with Gasteiger partial charge in [0, 0.05) is 63.2 Å². The highest BCUT2D eigenvalue weighted by molar-refractivity contribution is 7.98. The van der Waals surface area contributed by atoms with Crippen LogP contribution < -0.4 is 16.4 Å². The molecule has 2 fully saturated rings. The zero-order valence-corrected chi connectivity index (χ0v) is 25.6. The first-order chi connectivity index (χ1) is 23.0. The van der Waals surface area contributed by atoms with Gasteiger partial charge in [-0.25, -0.2) is 14.8 Å². The fraction of sp³-hybridized carbons (Fsp3) is 0.438. The number of amides is 2. The molecule has 4 N–H and O–H groups in total. The van der Waals surface area contributed by atoms with Gasteiger partial charge in [-0.1, -0.05) is 29.9 Å². The van der Waals surface area contributed by atoms with E-state index in [1.165, 1.54) is 31.5 Å². The van der Waals surface area contributed by atoms with Crippen LogP contribution in [0.25, 0.3) is 16.1 Å². The fourth-order valence-electron chi connectivity index (χ4n) is 5.36. The van der Waals surface area contributed by atoms with Gasteiger partial charge in [-0.15, -0.1) is 0 Å². The smallest absolute Gasteiger partial charge is 0.253 e. The number of nitrogen functional groups attached to an aromatic ring is 1. The molecule has 0 atom stereocenters. The quantitative estimate of drug-likeness (QED) is 0.175. The van der Waals surface area contributed by atoms with Crippen molar-refractivity contribution < 1.29 is 15.1 Å². The molecule has 230 valence electrons.